The molecular weight excluding hydrogens is 1110 g/mol. The molecule has 12 rings (SSSR count). The molecule has 82 heavy (non-hydrogen) atoms. The van der Waals surface area contributed by atoms with E-state index in [1.165, 1.54) is 0 Å². The zero-order valence-electron chi connectivity index (χ0n) is 47.2. The van der Waals surface area contributed by atoms with Crippen molar-refractivity contribution >= 4 is 65.8 Å². The molecule has 2 aliphatic heterocycles. The summed E-state index contributed by atoms with van der Waals surface area (Å²) in [5.74, 6) is -0.400. The zero-order valence-corrected chi connectivity index (χ0v) is 50.4. The molecular formula is C67H78N2O9S4. The SMILES string of the molecule is CCc1ccc2cccc3c2c1Cc1c(ccc(O)c1OC)CC(Cc1cc[nH]c1)C(O)C1C(=O)C(c2cc(O)c4c(c2)C2(NC)CCCCC2C=C4)(C2CSSCC4CCCCC4Oc4cc2ccc4O)C(O)CC1CSSC3CO. The lowest BCUT2D eigenvalue weighted by Crippen LogP contribution is -2.62. The number of Topliss-reactive ketones (excluding diaryl/α,β-unsaturated/α-hetero) is 1. The number of carbonyl (C=O) groups excluding carboxylic acids is 1. The molecule has 11 nitrogen and oxygen atoms in total. The van der Waals surface area contributed by atoms with Gasteiger partial charge in [0.15, 0.2) is 28.8 Å². The van der Waals surface area contributed by atoms with E-state index >= 15 is 4.79 Å². The molecule has 434 valence electrons. The minimum atomic E-state index is -1.74. The first kappa shape index (κ1) is 57.7. The highest BCUT2D eigenvalue weighted by atomic mass is 33.1. The molecule has 0 amide bonds. The van der Waals surface area contributed by atoms with Crippen LogP contribution in [0.1, 0.15) is 132 Å². The van der Waals surface area contributed by atoms with Crippen molar-refractivity contribution in [3.63, 3.8) is 0 Å². The minimum Gasteiger partial charge on any atom is -0.507 e. The number of rotatable bonds is 8. The highest BCUT2D eigenvalue weighted by Crippen LogP contribution is 2.59. The van der Waals surface area contributed by atoms with E-state index in [1.807, 2.05) is 55.8 Å². The van der Waals surface area contributed by atoms with Crippen molar-refractivity contribution in [2.24, 2.45) is 29.6 Å². The van der Waals surface area contributed by atoms with Crippen LogP contribution >= 0.6 is 43.2 Å². The van der Waals surface area contributed by atoms with Crippen molar-refractivity contribution < 1.29 is 44.9 Å². The van der Waals surface area contributed by atoms with Gasteiger partial charge in [-0.2, -0.15) is 0 Å². The Kier molecular flexibility index (Phi) is 17.1. The summed E-state index contributed by atoms with van der Waals surface area (Å²) in [4.78, 5) is 20.9. The van der Waals surface area contributed by atoms with E-state index in [0.717, 1.165) is 119 Å². The first-order chi connectivity index (χ1) is 39.9. The van der Waals surface area contributed by atoms with Crippen LogP contribution in [0.2, 0.25) is 0 Å². The maximum absolute atomic E-state index is 17.7. The Morgan fingerprint density at radius 1 is 0.854 bits per heavy atom. The predicted molar refractivity (Wildman–Crippen MR) is 335 cm³/mol. The molecule has 8 N–H and O–H groups in total. The number of aromatic hydroxyl groups is 3. The second kappa shape index (κ2) is 24.3. The van der Waals surface area contributed by atoms with Crippen LogP contribution in [0.4, 0.5) is 0 Å². The number of phenolic OH excluding ortho intramolecular Hbond substituents is 3. The van der Waals surface area contributed by atoms with E-state index in [4.69, 9.17) is 9.47 Å². The second-order valence-corrected chi connectivity index (χ2v) is 29.2. The summed E-state index contributed by atoms with van der Waals surface area (Å²) in [6.07, 6.45) is 15.3. The quantitative estimate of drug-likeness (QED) is 0.0673. The van der Waals surface area contributed by atoms with Crippen molar-refractivity contribution in [3.8, 4) is 28.7 Å². The number of carbonyl (C=O) groups is 1. The van der Waals surface area contributed by atoms with Crippen LogP contribution in [0.5, 0.6) is 28.7 Å². The van der Waals surface area contributed by atoms with E-state index in [1.54, 1.807) is 68.5 Å². The summed E-state index contributed by atoms with van der Waals surface area (Å²) < 4.78 is 13.0. The van der Waals surface area contributed by atoms with Crippen molar-refractivity contribution in [2.45, 2.75) is 131 Å². The van der Waals surface area contributed by atoms with Crippen LogP contribution in [-0.4, -0.2) is 97.7 Å². The number of ether oxygens (including phenoxy) is 2. The van der Waals surface area contributed by atoms with Gasteiger partial charge in [-0.05, 0) is 168 Å². The largest absolute Gasteiger partial charge is 0.507 e. The van der Waals surface area contributed by atoms with Gasteiger partial charge < -0.3 is 50.4 Å². The Hall–Kier alpha value is -4.71. The summed E-state index contributed by atoms with van der Waals surface area (Å²) in [6, 6.07) is 25.5. The van der Waals surface area contributed by atoms with Gasteiger partial charge in [0.2, 0.25) is 0 Å². The maximum Gasteiger partial charge on any atom is 0.164 e. The minimum absolute atomic E-state index is 0.00396. The first-order valence-electron chi connectivity index (χ1n) is 29.7. The third kappa shape index (κ3) is 10.3. The molecule has 4 aliphatic carbocycles. The van der Waals surface area contributed by atoms with Crippen LogP contribution in [0, 0.1) is 29.6 Å². The van der Waals surface area contributed by atoms with Gasteiger partial charge in [0.25, 0.3) is 0 Å². The van der Waals surface area contributed by atoms with Crippen molar-refractivity contribution in [1.82, 2.24) is 10.3 Å². The molecule has 12 atom stereocenters. The number of aliphatic hydroxyl groups excluding tert-OH is 3. The number of fused-ring (bicyclic) bond motifs is 8. The molecule has 0 spiro atoms. The topological polar surface area (TPSA) is 185 Å². The second-order valence-electron chi connectivity index (χ2n) is 24.1. The summed E-state index contributed by atoms with van der Waals surface area (Å²) in [5.41, 5.74) is 6.39. The van der Waals surface area contributed by atoms with Gasteiger partial charge in [-0.25, -0.2) is 0 Å². The summed E-state index contributed by atoms with van der Waals surface area (Å²) in [6.45, 7) is 1.99. The number of aromatic amines is 1. The molecule has 0 radical (unpaired) electrons. The van der Waals surface area contributed by atoms with E-state index < -0.39 is 46.8 Å². The molecule has 3 saturated carbocycles. The smallest absolute Gasteiger partial charge is 0.164 e. The number of hydrogen-bond acceptors (Lipinski definition) is 14. The molecule has 3 fully saturated rings. The van der Waals surface area contributed by atoms with Crippen LogP contribution < -0.4 is 14.8 Å². The number of ketones is 1. The maximum atomic E-state index is 17.7. The number of benzene rings is 5. The van der Waals surface area contributed by atoms with E-state index in [-0.39, 0.29) is 59.2 Å². The third-order valence-corrected chi connectivity index (χ3v) is 25.3. The third-order valence-electron chi connectivity index (χ3n) is 20.0. The molecule has 15 heteroatoms. The number of aliphatic hydroxyl groups is 3. The Morgan fingerprint density at radius 3 is 2.48 bits per heavy atom. The average Bonchev–Trinajstić information content (AvgIpc) is 2.56. The normalized spacial score (nSPS) is 30.4. The Balaban J connectivity index is 1.08. The average molecular weight is 1180 g/mol. The lowest BCUT2D eigenvalue weighted by Gasteiger charge is -2.53. The van der Waals surface area contributed by atoms with Crippen LogP contribution in [0.15, 0.2) is 97.3 Å². The van der Waals surface area contributed by atoms with Crippen molar-refractivity contribution in [2.75, 3.05) is 38.0 Å². The fourth-order valence-electron chi connectivity index (χ4n) is 15.8. The van der Waals surface area contributed by atoms with Gasteiger partial charge in [-0.3, -0.25) is 4.79 Å². The highest BCUT2D eigenvalue weighted by molar-refractivity contribution is 8.77. The van der Waals surface area contributed by atoms with E-state index in [9.17, 15) is 30.6 Å². The van der Waals surface area contributed by atoms with Crippen LogP contribution in [0.25, 0.3) is 16.8 Å². The number of H-pyrrole nitrogens is 1. The molecule has 6 aliphatic rings. The molecule has 0 saturated heterocycles. The summed E-state index contributed by atoms with van der Waals surface area (Å²) >= 11 is 0. The van der Waals surface area contributed by atoms with E-state index in [0.29, 0.717) is 53.4 Å². The number of nitrogens with one attached hydrogen (secondary N) is 2. The number of aryl methyl sites for hydroxylation is 1. The lowest BCUT2D eigenvalue weighted by atomic mass is 9.52. The summed E-state index contributed by atoms with van der Waals surface area (Å²) in [7, 11) is 10.2. The Labute approximate surface area is 498 Å². The molecule has 3 heterocycles. The Bertz CT molecular complexity index is 3340. The first-order valence-corrected chi connectivity index (χ1v) is 34.6. The molecule has 1 aromatic heterocycles. The van der Waals surface area contributed by atoms with Crippen molar-refractivity contribution in [3.05, 3.63) is 153 Å². The van der Waals surface area contributed by atoms with E-state index in [2.05, 4.69) is 53.6 Å². The fourth-order valence-corrected chi connectivity index (χ4v) is 21.5. The Morgan fingerprint density at radius 2 is 1.67 bits per heavy atom. The highest BCUT2D eigenvalue weighted by Gasteiger charge is 2.62. The number of hydrogen-bond donors (Lipinski definition) is 8. The van der Waals surface area contributed by atoms with Gasteiger partial charge >= 0.3 is 0 Å². The van der Waals surface area contributed by atoms with Gasteiger partial charge in [0.1, 0.15) is 11.9 Å². The number of methoxy groups -OCH3 is 1. The molecule has 5 aromatic carbocycles. The zero-order chi connectivity index (χ0) is 56.9. The number of aromatic nitrogens is 1. The van der Waals surface area contributed by atoms with Gasteiger partial charge in [0, 0.05) is 65.0 Å². The monoisotopic (exact) mass is 1180 g/mol. The molecule has 12 unspecified atom stereocenters. The lowest BCUT2D eigenvalue weighted by molar-refractivity contribution is -0.150. The fraction of sp³-hybridized carbons (Fsp3) is 0.478. The van der Waals surface area contributed by atoms with Crippen molar-refractivity contribution in [1.29, 1.82) is 0 Å². The predicted octanol–water partition coefficient (Wildman–Crippen LogP) is 12.9. The standard InChI is InChI=1S/C67H78N2O9S4/c1-4-39-15-16-40-11-9-13-49-59(34-70)82-81-36-45-29-60(74)67(47-30-52-48(56(73)31-47)20-19-46-12-7-8-24-66(46,52)68-2,53-37-80-79-35-43-10-5-6-14-57(43)78-58-28-42(53)18-21-54(58)71)65(76)62(45)63(75)44(26-38-23-25-69-33-38)27-41-17-22-55(72)64(77-3)51(41)32-50(39)61(40)49/h9,11,13,15-23,25,28,30-31,33,43-46,53,57,59-60,62-63,68-75H,4-8,10,12,14,24,26-27,29,32,34-37H2,1-3H3. The van der Waals surface area contributed by atoms with Crippen LogP contribution in [-0.2, 0) is 41.4 Å². The molecule has 6 aromatic rings. The number of phenols is 3. The van der Waals surface area contributed by atoms with Gasteiger partial charge in [-0.1, -0.05) is 130 Å². The van der Waals surface area contributed by atoms with Gasteiger partial charge in [-0.15, -0.1) is 0 Å². The molecule has 2 bridgehead atoms. The van der Waals surface area contributed by atoms with Gasteiger partial charge in [0.05, 0.1) is 42.1 Å². The van der Waals surface area contributed by atoms with Crippen LogP contribution in [0.3, 0.4) is 0 Å². The summed E-state index contributed by atoms with van der Waals surface area (Å²) in [5, 5.41) is 80.8.